The lowest BCUT2D eigenvalue weighted by Crippen LogP contribution is -2.10. The largest absolute Gasteiger partial charge is 0.370 e. The van der Waals surface area contributed by atoms with Crippen molar-refractivity contribution >= 4 is 29.2 Å². The van der Waals surface area contributed by atoms with E-state index < -0.39 is 0 Å². The molecule has 0 aliphatic carbocycles. The Morgan fingerprint density at radius 2 is 2.06 bits per heavy atom. The summed E-state index contributed by atoms with van der Waals surface area (Å²) in [5.74, 6) is 1.90. The minimum absolute atomic E-state index is 0.291. The maximum absolute atomic E-state index is 5.97. The fraction of sp³-hybridized carbons (Fsp3) is 0.667. The summed E-state index contributed by atoms with van der Waals surface area (Å²) < 4.78 is 0. The molecule has 1 atom stereocenters. The Balaban J connectivity index is 2.59. The van der Waals surface area contributed by atoms with Crippen molar-refractivity contribution < 1.29 is 0 Å². The minimum Gasteiger partial charge on any atom is -0.370 e. The van der Waals surface area contributed by atoms with E-state index in [2.05, 4.69) is 42.3 Å². The fourth-order valence-corrected chi connectivity index (χ4v) is 1.85. The average molecular weight is 274 g/mol. The monoisotopic (exact) mass is 273 g/mol. The normalized spacial score (nSPS) is 12.8. The van der Waals surface area contributed by atoms with Crippen LogP contribution in [-0.4, -0.2) is 28.0 Å². The maximum Gasteiger partial charge on any atom is 0.135 e. The van der Waals surface area contributed by atoms with E-state index >= 15 is 0 Å². The predicted octanol–water partition coefficient (Wildman–Crippen LogP) is 3.81. The highest BCUT2D eigenvalue weighted by molar-refractivity contribution is 7.99. The van der Waals surface area contributed by atoms with Crippen LogP contribution in [-0.2, 0) is 0 Å². The van der Waals surface area contributed by atoms with Gasteiger partial charge in [-0.15, -0.1) is 0 Å². The molecule has 17 heavy (non-hydrogen) atoms. The second-order valence-corrected chi connectivity index (χ2v) is 6.01. The van der Waals surface area contributed by atoms with Crippen LogP contribution in [0.15, 0.2) is 6.07 Å². The van der Waals surface area contributed by atoms with Crippen molar-refractivity contribution in [1.82, 2.24) is 9.97 Å². The van der Waals surface area contributed by atoms with Crippen LogP contribution in [0, 0.1) is 0 Å². The fourth-order valence-electron chi connectivity index (χ4n) is 1.31. The van der Waals surface area contributed by atoms with Gasteiger partial charge in [0.05, 0.1) is 0 Å². The van der Waals surface area contributed by atoms with Crippen LogP contribution in [0.4, 0.5) is 5.82 Å². The third kappa shape index (κ3) is 5.13. The molecule has 0 saturated heterocycles. The standard InChI is InChI=1S/C12H20ClN3S/c1-8(2)12-15-10(13)7-11(16-12)14-6-5-9(3)17-4/h7-9H,5-6H2,1-4H3,(H,14,15,16). The molecular formula is C12H20ClN3S. The number of thioether (sulfide) groups is 1. The minimum atomic E-state index is 0.291. The molecule has 1 unspecified atom stereocenters. The zero-order valence-corrected chi connectivity index (χ0v) is 12.4. The zero-order valence-electron chi connectivity index (χ0n) is 10.8. The first-order chi connectivity index (χ1) is 8.02. The first-order valence-corrected chi connectivity index (χ1v) is 7.50. The van der Waals surface area contributed by atoms with Crippen molar-refractivity contribution in [3.8, 4) is 0 Å². The van der Waals surface area contributed by atoms with Crippen molar-refractivity contribution in [3.05, 3.63) is 17.0 Å². The smallest absolute Gasteiger partial charge is 0.135 e. The highest BCUT2D eigenvalue weighted by Crippen LogP contribution is 2.17. The molecule has 0 aromatic carbocycles. The molecule has 96 valence electrons. The molecule has 0 spiro atoms. The number of rotatable bonds is 6. The van der Waals surface area contributed by atoms with Gasteiger partial charge in [-0.1, -0.05) is 32.4 Å². The van der Waals surface area contributed by atoms with E-state index in [1.807, 2.05) is 11.8 Å². The maximum atomic E-state index is 5.97. The molecule has 1 N–H and O–H groups in total. The molecular weight excluding hydrogens is 254 g/mol. The van der Waals surface area contributed by atoms with Crippen LogP contribution in [0.2, 0.25) is 5.15 Å². The third-order valence-corrected chi connectivity index (χ3v) is 3.72. The summed E-state index contributed by atoms with van der Waals surface area (Å²) in [7, 11) is 0. The topological polar surface area (TPSA) is 37.8 Å². The lowest BCUT2D eigenvalue weighted by atomic mass is 10.2. The summed E-state index contributed by atoms with van der Waals surface area (Å²) in [4.78, 5) is 8.65. The Labute approximate surface area is 113 Å². The van der Waals surface area contributed by atoms with Crippen molar-refractivity contribution in [2.45, 2.75) is 38.4 Å². The lowest BCUT2D eigenvalue weighted by molar-refractivity contribution is 0.771. The Hall–Kier alpha value is -0.480. The predicted molar refractivity (Wildman–Crippen MR) is 77.2 cm³/mol. The Morgan fingerprint density at radius 3 is 2.65 bits per heavy atom. The van der Waals surface area contributed by atoms with Gasteiger partial charge in [0.2, 0.25) is 0 Å². The Kier molecular flexibility index (Phi) is 6.06. The van der Waals surface area contributed by atoms with Gasteiger partial charge in [-0.05, 0) is 12.7 Å². The number of aromatic nitrogens is 2. The molecule has 1 aromatic heterocycles. The SMILES string of the molecule is CSC(C)CCNc1cc(Cl)nc(C(C)C)n1. The zero-order chi connectivity index (χ0) is 12.8. The molecule has 1 aromatic rings. The lowest BCUT2D eigenvalue weighted by Gasteiger charge is -2.11. The summed E-state index contributed by atoms with van der Waals surface area (Å²) in [6.45, 7) is 7.25. The van der Waals surface area contributed by atoms with Crippen LogP contribution in [0.1, 0.15) is 38.9 Å². The van der Waals surface area contributed by atoms with Gasteiger partial charge in [0.1, 0.15) is 16.8 Å². The highest BCUT2D eigenvalue weighted by atomic mass is 35.5. The molecule has 0 bridgehead atoms. The number of hydrogen-bond donors (Lipinski definition) is 1. The number of anilines is 1. The van der Waals surface area contributed by atoms with Crippen molar-refractivity contribution in [1.29, 1.82) is 0 Å². The van der Waals surface area contributed by atoms with Gasteiger partial charge in [-0.2, -0.15) is 11.8 Å². The Morgan fingerprint density at radius 1 is 1.35 bits per heavy atom. The highest BCUT2D eigenvalue weighted by Gasteiger charge is 2.07. The van der Waals surface area contributed by atoms with E-state index in [9.17, 15) is 0 Å². The first kappa shape index (κ1) is 14.6. The van der Waals surface area contributed by atoms with Crippen molar-refractivity contribution in [2.24, 2.45) is 0 Å². The molecule has 5 heteroatoms. The van der Waals surface area contributed by atoms with E-state index in [-0.39, 0.29) is 0 Å². The molecule has 0 saturated carbocycles. The van der Waals surface area contributed by atoms with Crippen LogP contribution in [0.25, 0.3) is 0 Å². The number of nitrogens with zero attached hydrogens (tertiary/aromatic N) is 2. The van der Waals surface area contributed by atoms with E-state index in [0.29, 0.717) is 16.3 Å². The van der Waals surface area contributed by atoms with Gasteiger partial charge >= 0.3 is 0 Å². The summed E-state index contributed by atoms with van der Waals surface area (Å²) in [5.41, 5.74) is 0. The summed E-state index contributed by atoms with van der Waals surface area (Å²) in [6.07, 6.45) is 3.24. The Bertz CT molecular complexity index is 358. The van der Waals surface area contributed by atoms with Gasteiger partial charge in [-0.25, -0.2) is 9.97 Å². The van der Waals surface area contributed by atoms with Crippen LogP contribution >= 0.6 is 23.4 Å². The molecule has 0 amide bonds. The van der Waals surface area contributed by atoms with Crippen LogP contribution in [0.3, 0.4) is 0 Å². The second kappa shape index (κ2) is 7.07. The number of halogens is 1. The molecule has 3 nitrogen and oxygen atoms in total. The molecule has 0 aliphatic rings. The molecule has 1 heterocycles. The van der Waals surface area contributed by atoms with Crippen LogP contribution in [0.5, 0.6) is 0 Å². The van der Waals surface area contributed by atoms with Crippen molar-refractivity contribution in [2.75, 3.05) is 18.1 Å². The summed E-state index contributed by atoms with van der Waals surface area (Å²) in [6, 6.07) is 1.77. The second-order valence-electron chi connectivity index (χ2n) is 4.35. The van der Waals surface area contributed by atoms with E-state index in [4.69, 9.17) is 11.6 Å². The molecule has 1 rings (SSSR count). The van der Waals surface area contributed by atoms with Gasteiger partial charge < -0.3 is 5.32 Å². The van der Waals surface area contributed by atoms with Gasteiger partial charge in [0, 0.05) is 23.8 Å². The summed E-state index contributed by atoms with van der Waals surface area (Å²) in [5, 5.41) is 4.46. The van der Waals surface area contributed by atoms with Gasteiger partial charge in [0.25, 0.3) is 0 Å². The molecule has 0 aliphatic heterocycles. The van der Waals surface area contributed by atoms with Gasteiger partial charge in [-0.3, -0.25) is 0 Å². The quantitative estimate of drug-likeness (QED) is 0.800. The van der Waals surface area contributed by atoms with Gasteiger partial charge in [0.15, 0.2) is 0 Å². The van der Waals surface area contributed by atoms with E-state index in [0.717, 1.165) is 24.6 Å². The number of nitrogens with one attached hydrogen (secondary N) is 1. The van der Waals surface area contributed by atoms with Crippen LogP contribution < -0.4 is 5.32 Å². The number of hydrogen-bond acceptors (Lipinski definition) is 4. The van der Waals surface area contributed by atoms with E-state index in [1.54, 1.807) is 6.07 Å². The first-order valence-electron chi connectivity index (χ1n) is 5.84. The summed E-state index contributed by atoms with van der Waals surface area (Å²) >= 11 is 7.84. The third-order valence-electron chi connectivity index (χ3n) is 2.49. The molecule has 0 radical (unpaired) electrons. The average Bonchev–Trinajstić information content (AvgIpc) is 2.28. The van der Waals surface area contributed by atoms with E-state index in [1.165, 1.54) is 0 Å². The van der Waals surface area contributed by atoms with Crippen molar-refractivity contribution in [3.63, 3.8) is 0 Å². The molecule has 0 fully saturated rings.